The van der Waals surface area contributed by atoms with Gasteiger partial charge in [-0.2, -0.15) is 0 Å². The number of anilines is 2. The lowest BCUT2D eigenvalue weighted by molar-refractivity contribution is -0.384. The van der Waals surface area contributed by atoms with Gasteiger partial charge in [-0.3, -0.25) is 25.0 Å². The van der Waals surface area contributed by atoms with Gasteiger partial charge in [-0.25, -0.2) is 0 Å². The molecule has 0 saturated carbocycles. The lowest BCUT2D eigenvalue weighted by Gasteiger charge is -2.28. The van der Waals surface area contributed by atoms with Gasteiger partial charge in [-0.15, -0.1) is 10.2 Å². The third-order valence-corrected chi connectivity index (χ3v) is 4.57. The number of carbonyl (C=O) groups excluding carboxylic acids is 2. The molecular formula is C15H15N5O5S. The summed E-state index contributed by atoms with van der Waals surface area (Å²) in [6.07, 6.45) is 0.600. The molecule has 26 heavy (non-hydrogen) atoms. The van der Waals surface area contributed by atoms with E-state index < -0.39 is 10.8 Å². The predicted molar refractivity (Wildman–Crippen MR) is 93.0 cm³/mol. The fraction of sp³-hybridized carbons (Fsp3) is 0.333. The average molecular weight is 377 g/mol. The van der Waals surface area contributed by atoms with E-state index in [1.165, 1.54) is 41.5 Å². The van der Waals surface area contributed by atoms with Crippen molar-refractivity contribution in [1.29, 1.82) is 0 Å². The molecule has 0 unspecified atom stereocenters. The Morgan fingerprint density at radius 3 is 2.96 bits per heavy atom. The number of benzene rings is 1. The molecule has 11 heteroatoms. The number of rotatable bonds is 6. The standard InChI is InChI=1S/C15H15N5O5S/c1-25-8-13-17-18-15(26-13)16-12(21)7-19-11-4-3-10(20(23)24)6-9(11)2-5-14(19)22/h3-4,6H,2,5,7-8H2,1H3,(H,16,18,21). The molecule has 1 aliphatic heterocycles. The lowest BCUT2D eigenvalue weighted by Crippen LogP contribution is -2.40. The molecule has 1 N–H and O–H groups in total. The van der Waals surface area contributed by atoms with Gasteiger partial charge in [-0.1, -0.05) is 11.3 Å². The maximum Gasteiger partial charge on any atom is 0.269 e. The number of nitrogens with one attached hydrogen (secondary N) is 1. The Kier molecular flexibility index (Phi) is 5.19. The first-order valence-corrected chi connectivity index (χ1v) is 8.48. The molecule has 136 valence electrons. The molecule has 0 bridgehead atoms. The third kappa shape index (κ3) is 3.83. The number of aryl methyl sites for hydroxylation is 1. The third-order valence-electron chi connectivity index (χ3n) is 3.76. The van der Waals surface area contributed by atoms with Crippen LogP contribution in [0.1, 0.15) is 17.0 Å². The normalized spacial score (nSPS) is 13.4. The molecule has 2 heterocycles. The summed E-state index contributed by atoms with van der Waals surface area (Å²) in [7, 11) is 1.53. The predicted octanol–water partition coefficient (Wildman–Crippen LogP) is 1.51. The number of nitrogens with zero attached hydrogens (tertiary/aromatic N) is 4. The largest absolute Gasteiger partial charge is 0.377 e. The first-order valence-electron chi connectivity index (χ1n) is 7.67. The van der Waals surface area contributed by atoms with Crippen molar-refractivity contribution in [3.05, 3.63) is 38.9 Å². The second-order valence-electron chi connectivity index (χ2n) is 5.53. The Hall–Kier alpha value is -2.92. The van der Waals surface area contributed by atoms with Gasteiger partial charge in [0.15, 0.2) is 0 Å². The zero-order valence-electron chi connectivity index (χ0n) is 13.8. The van der Waals surface area contributed by atoms with Gasteiger partial charge in [0.25, 0.3) is 5.69 Å². The van der Waals surface area contributed by atoms with Crippen LogP contribution in [-0.4, -0.2) is 40.6 Å². The van der Waals surface area contributed by atoms with E-state index in [1.807, 2.05) is 0 Å². The summed E-state index contributed by atoms with van der Waals surface area (Å²) in [5, 5.41) is 22.1. The van der Waals surface area contributed by atoms with Crippen molar-refractivity contribution < 1.29 is 19.2 Å². The maximum absolute atomic E-state index is 12.3. The number of methoxy groups -OCH3 is 1. The van der Waals surface area contributed by atoms with E-state index in [1.54, 1.807) is 0 Å². The highest BCUT2D eigenvalue weighted by molar-refractivity contribution is 7.15. The fourth-order valence-electron chi connectivity index (χ4n) is 2.62. The minimum Gasteiger partial charge on any atom is -0.377 e. The summed E-state index contributed by atoms with van der Waals surface area (Å²) < 4.78 is 4.94. The average Bonchev–Trinajstić information content (AvgIpc) is 3.04. The molecular weight excluding hydrogens is 362 g/mol. The number of hydrogen-bond acceptors (Lipinski definition) is 8. The van der Waals surface area contributed by atoms with Crippen LogP contribution in [0.2, 0.25) is 0 Å². The first kappa shape index (κ1) is 17.9. The highest BCUT2D eigenvalue weighted by Gasteiger charge is 2.27. The van der Waals surface area contributed by atoms with Crippen molar-refractivity contribution in [2.75, 3.05) is 23.9 Å². The summed E-state index contributed by atoms with van der Waals surface area (Å²) in [4.78, 5) is 36.2. The van der Waals surface area contributed by atoms with E-state index in [0.717, 1.165) is 0 Å². The first-order chi connectivity index (χ1) is 12.5. The van der Waals surface area contributed by atoms with Crippen LogP contribution in [-0.2, 0) is 27.4 Å². The van der Waals surface area contributed by atoms with Crippen molar-refractivity contribution in [2.24, 2.45) is 0 Å². The number of nitro groups is 1. The summed E-state index contributed by atoms with van der Waals surface area (Å²) in [6, 6.07) is 4.26. The Labute approximate surface area is 151 Å². The molecule has 1 aromatic carbocycles. The minimum absolute atomic E-state index is 0.0398. The van der Waals surface area contributed by atoms with Crippen molar-refractivity contribution in [3.63, 3.8) is 0 Å². The van der Waals surface area contributed by atoms with Crippen molar-refractivity contribution in [2.45, 2.75) is 19.4 Å². The topological polar surface area (TPSA) is 128 Å². The van der Waals surface area contributed by atoms with E-state index in [0.29, 0.717) is 34.4 Å². The number of fused-ring (bicyclic) bond motifs is 1. The molecule has 0 atom stereocenters. The second-order valence-corrected chi connectivity index (χ2v) is 6.59. The molecule has 0 saturated heterocycles. The van der Waals surface area contributed by atoms with Crippen LogP contribution < -0.4 is 10.2 Å². The Balaban J connectivity index is 1.73. The van der Waals surface area contributed by atoms with Crippen molar-refractivity contribution >= 4 is 39.7 Å². The van der Waals surface area contributed by atoms with Crippen molar-refractivity contribution in [3.8, 4) is 0 Å². The summed E-state index contributed by atoms with van der Waals surface area (Å²) >= 11 is 1.18. The second kappa shape index (κ2) is 7.54. The molecule has 0 radical (unpaired) electrons. The molecule has 2 aromatic rings. The van der Waals surface area contributed by atoms with Gasteiger partial charge in [-0.05, 0) is 18.1 Å². The van der Waals surface area contributed by atoms with Crippen LogP contribution in [0.5, 0.6) is 0 Å². The molecule has 0 aliphatic carbocycles. The maximum atomic E-state index is 12.3. The number of aromatic nitrogens is 2. The smallest absolute Gasteiger partial charge is 0.269 e. The van der Waals surface area contributed by atoms with Crippen LogP contribution in [0.25, 0.3) is 0 Å². The summed E-state index contributed by atoms with van der Waals surface area (Å²) in [6.45, 7) is 0.0904. The van der Waals surface area contributed by atoms with Gasteiger partial charge in [0.1, 0.15) is 18.2 Å². The van der Waals surface area contributed by atoms with Crippen LogP contribution in [0.15, 0.2) is 18.2 Å². The summed E-state index contributed by atoms with van der Waals surface area (Å²) in [5.41, 5.74) is 1.14. The quantitative estimate of drug-likeness (QED) is 0.597. The molecule has 10 nitrogen and oxygen atoms in total. The van der Waals surface area contributed by atoms with Gasteiger partial charge >= 0.3 is 0 Å². The Bertz CT molecular complexity index is 868. The Morgan fingerprint density at radius 2 is 2.23 bits per heavy atom. The minimum atomic E-state index is -0.485. The van der Waals surface area contributed by atoms with Crippen LogP contribution in [0, 0.1) is 10.1 Å². The summed E-state index contributed by atoms with van der Waals surface area (Å²) in [5.74, 6) is -0.636. The van der Waals surface area contributed by atoms with E-state index in [4.69, 9.17) is 4.74 Å². The van der Waals surface area contributed by atoms with Gasteiger partial charge in [0, 0.05) is 31.4 Å². The number of amides is 2. The molecule has 0 spiro atoms. The zero-order valence-corrected chi connectivity index (χ0v) is 14.6. The van der Waals surface area contributed by atoms with Crippen LogP contribution >= 0.6 is 11.3 Å². The number of carbonyl (C=O) groups is 2. The van der Waals surface area contributed by atoms with Gasteiger partial charge in [0.05, 0.1) is 4.92 Å². The molecule has 2 amide bonds. The lowest BCUT2D eigenvalue weighted by atomic mass is 10.0. The monoisotopic (exact) mass is 377 g/mol. The van der Waals surface area contributed by atoms with Crippen molar-refractivity contribution in [1.82, 2.24) is 10.2 Å². The van der Waals surface area contributed by atoms with Crippen LogP contribution in [0.4, 0.5) is 16.5 Å². The zero-order chi connectivity index (χ0) is 18.7. The molecule has 1 aliphatic rings. The van der Waals surface area contributed by atoms with E-state index in [2.05, 4.69) is 15.5 Å². The molecule has 3 rings (SSSR count). The SMILES string of the molecule is COCc1nnc(NC(=O)CN2C(=O)CCc3cc([N+](=O)[O-])ccc32)s1. The van der Waals surface area contributed by atoms with Gasteiger partial charge in [0.2, 0.25) is 16.9 Å². The number of nitro benzene ring substituents is 1. The fourth-order valence-corrected chi connectivity index (χ4v) is 3.35. The highest BCUT2D eigenvalue weighted by atomic mass is 32.1. The van der Waals surface area contributed by atoms with E-state index in [9.17, 15) is 19.7 Å². The van der Waals surface area contributed by atoms with E-state index >= 15 is 0 Å². The van der Waals surface area contributed by atoms with Gasteiger partial charge < -0.3 is 9.64 Å². The van der Waals surface area contributed by atoms with Crippen LogP contribution in [0.3, 0.4) is 0 Å². The number of non-ortho nitro benzene ring substituents is 1. The highest BCUT2D eigenvalue weighted by Crippen LogP contribution is 2.31. The number of hydrogen-bond donors (Lipinski definition) is 1. The molecule has 1 aromatic heterocycles. The molecule has 0 fully saturated rings. The van der Waals surface area contributed by atoms with E-state index in [-0.39, 0.29) is 24.6 Å². The Morgan fingerprint density at radius 1 is 1.42 bits per heavy atom. The number of ether oxygens (including phenoxy) is 1.